The van der Waals surface area contributed by atoms with Crippen molar-refractivity contribution >= 4 is 15.8 Å². The van der Waals surface area contributed by atoms with Crippen LogP contribution in [0, 0.1) is 0 Å². The van der Waals surface area contributed by atoms with Gasteiger partial charge in [0.25, 0.3) is 0 Å². The van der Waals surface area contributed by atoms with Crippen molar-refractivity contribution in [1.82, 2.24) is 0 Å². The molecule has 0 aromatic rings. The van der Waals surface area contributed by atoms with Crippen LogP contribution in [0.5, 0.6) is 0 Å². The van der Waals surface area contributed by atoms with Crippen LogP contribution in [0.1, 0.15) is 57.8 Å². The van der Waals surface area contributed by atoms with E-state index in [0.29, 0.717) is 15.8 Å². The lowest BCUT2D eigenvalue weighted by Crippen LogP contribution is -2.29. The SMILES string of the molecule is C1CCC(P2CCCC2)(P2CCCC2)CC1. The van der Waals surface area contributed by atoms with E-state index in [2.05, 4.69) is 0 Å². The quantitative estimate of drug-likeness (QED) is 0.596. The lowest BCUT2D eigenvalue weighted by molar-refractivity contribution is 0.479. The molecule has 0 amide bonds. The fourth-order valence-corrected chi connectivity index (χ4v) is 13.4. The maximum atomic E-state index is 1.66. The van der Waals surface area contributed by atoms with Gasteiger partial charge >= 0.3 is 0 Å². The lowest BCUT2D eigenvalue weighted by atomic mass is 9.99. The van der Waals surface area contributed by atoms with Crippen molar-refractivity contribution in [3.8, 4) is 0 Å². The third-order valence-electron chi connectivity index (χ3n) is 5.04. The summed E-state index contributed by atoms with van der Waals surface area (Å²) in [5.41, 5.74) is 0. The highest BCUT2D eigenvalue weighted by molar-refractivity contribution is 7.77. The first-order valence-electron chi connectivity index (χ1n) is 7.42. The summed E-state index contributed by atoms with van der Waals surface area (Å²) < 4.78 is 0. The van der Waals surface area contributed by atoms with Crippen LogP contribution in [-0.2, 0) is 0 Å². The predicted octanol–water partition coefficient (Wildman–Crippen LogP) is 5.20. The maximum absolute atomic E-state index is 1.66. The Bertz CT molecular complexity index is 203. The molecule has 1 saturated carbocycles. The first kappa shape index (κ1) is 11.9. The largest absolute Gasteiger partial charge is 0.0959 e. The molecule has 92 valence electrons. The summed E-state index contributed by atoms with van der Waals surface area (Å²) >= 11 is 0. The molecule has 3 rings (SSSR count). The van der Waals surface area contributed by atoms with Gasteiger partial charge < -0.3 is 0 Å². The summed E-state index contributed by atoms with van der Waals surface area (Å²) in [4.78, 5) is 0.968. The Hall–Kier alpha value is 0.860. The summed E-state index contributed by atoms with van der Waals surface area (Å²) in [6.07, 6.45) is 21.0. The van der Waals surface area contributed by atoms with Gasteiger partial charge in [0.05, 0.1) is 0 Å². The van der Waals surface area contributed by atoms with Crippen LogP contribution in [0.2, 0.25) is 0 Å². The Labute approximate surface area is 103 Å². The predicted molar refractivity (Wildman–Crippen MR) is 77.6 cm³/mol. The minimum atomic E-state index is 0.470. The molecule has 0 aromatic carbocycles. The number of hydrogen-bond donors (Lipinski definition) is 0. The van der Waals surface area contributed by atoms with Crippen LogP contribution >= 0.6 is 15.8 Å². The van der Waals surface area contributed by atoms with Gasteiger partial charge in [0, 0.05) is 4.90 Å². The third kappa shape index (κ3) is 2.10. The van der Waals surface area contributed by atoms with E-state index in [9.17, 15) is 0 Å². The van der Waals surface area contributed by atoms with E-state index in [1.54, 1.807) is 82.4 Å². The standard InChI is InChI=1S/C14H26P2/c1-2-8-14(9-3-1,15-10-4-5-11-15)16-12-6-7-13-16/h1-13H2. The Morgan fingerprint density at radius 2 is 0.938 bits per heavy atom. The molecule has 0 atom stereocenters. The second kappa shape index (κ2) is 5.24. The van der Waals surface area contributed by atoms with Gasteiger partial charge in [-0.05, 0) is 63.2 Å². The highest BCUT2D eigenvalue weighted by Gasteiger charge is 2.46. The van der Waals surface area contributed by atoms with E-state index < -0.39 is 0 Å². The maximum Gasteiger partial charge on any atom is 0.0106 e. The van der Waals surface area contributed by atoms with Gasteiger partial charge in [0.1, 0.15) is 0 Å². The van der Waals surface area contributed by atoms with Crippen molar-refractivity contribution in [2.75, 3.05) is 24.6 Å². The van der Waals surface area contributed by atoms with Crippen LogP contribution in [-0.4, -0.2) is 29.5 Å². The van der Waals surface area contributed by atoms with E-state index >= 15 is 0 Å². The molecule has 0 N–H and O–H groups in total. The smallest absolute Gasteiger partial charge is 0.0106 e. The minimum Gasteiger partial charge on any atom is -0.0959 e. The zero-order valence-electron chi connectivity index (χ0n) is 10.6. The zero-order chi connectivity index (χ0) is 10.8. The number of rotatable bonds is 2. The first-order valence-corrected chi connectivity index (χ1v) is 10.8. The van der Waals surface area contributed by atoms with Crippen LogP contribution in [0.4, 0.5) is 0 Å². The van der Waals surface area contributed by atoms with Crippen molar-refractivity contribution in [1.29, 1.82) is 0 Å². The van der Waals surface area contributed by atoms with E-state index in [4.69, 9.17) is 0 Å². The molecule has 2 heteroatoms. The Morgan fingerprint density at radius 3 is 1.38 bits per heavy atom. The van der Waals surface area contributed by atoms with Gasteiger partial charge in [-0.2, -0.15) is 0 Å². The van der Waals surface area contributed by atoms with E-state index in [0.717, 1.165) is 4.90 Å². The van der Waals surface area contributed by atoms with Crippen molar-refractivity contribution in [2.24, 2.45) is 0 Å². The molecule has 0 bridgehead atoms. The van der Waals surface area contributed by atoms with Gasteiger partial charge in [-0.15, -0.1) is 0 Å². The first-order chi connectivity index (χ1) is 7.92. The molecule has 2 aliphatic heterocycles. The molecule has 3 aliphatic rings. The van der Waals surface area contributed by atoms with Crippen LogP contribution in [0.25, 0.3) is 0 Å². The Kier molecular flexibility index (Phi) is 3.90. The van der Waals surface area contributed by atoms with Crippen LogP contribution in [0.15, 0.2) is 0 Å². The zero-order valence-corrected chi connectivity index (χ0v) is 12.4. The molecule has 2 heterocycles. The van der Waals surface area contributed by atoms with E-state index in [1.165, 1.54) is 0 Å². The third-order valence-corrected chi connectivity index (χ3v) is 13.4. The molecule has 0 unspecified atom stereocenters. The summed E-state index contributed by atoms with van der Waals surface area (Å²) in [5.74, 6) is 0. The van der Waals surface area contributed by atoms with Crippen molar-refractivity contribution in [2.45, 2.75) is 62.7 Å². The van der Waals surface area contributed by atoms with Gasteiger partial charge in [0.15, 0.2) is 0 Å². The van der Waals surface area contributed by atoms with Gasteiger partial charge in [0.2, 0.25) is 0 Å². The fourth-order valence-electron chi connectivity index (χ4n) is 4.22. The number of hydrogen-bond acceptors (Lipinski definition) is 0. The van der Waals surface area contributed by atoms with Crippen molar-refractivity contribution in [3.63, 3.8) is 0 Å². The van der Waals surface area contributed by atoms with Gasteiger partial charge in [-0.3, -0.25) is 0 Å². The summed E-state index contributed by atoms with van der Waals surface area (Å²) in [6.45, 7) is 0. The van der Waals surface area contributed by atoms with E-state index in [-0.39, 0.29) is 0 Å². The molecule has 0 aromatic heterocycles. The second-order valence-corrected chi connectivity index (χ2v) is 11.9. The van der Waals surface area contributed by atoms with Crippen LogP contribution in [0.3, 0.4) is 0 Å². The molecule has 16 heavy (non-hydrogen) atoms. The Morgan fingerprint density at radius 1 is 0.500 bits per heavy atom. The summed E-state index contributed by atoms with van der Waals surface area (Å²) in [6, 6.07) is 0. The Balaban J connectivity index is 1.79. The van der Waals surface area contributed by atoms with Gasteiger partial charge in [-0.25, -0.2) is 0 Å². The summed E-state index contributed by atoms with van der Waals surface area (Å²) in [7, 11) is 0.940. The fraction of sp³-hybridized carbons (Fsp3) is 1.00. The van der Waals surface area contributed by atoms with Crippen molar-refractivity contribution < 1.29 is 0 Å². The molecule has 0 radical (unpaired) electrons. The lowest BCUT2D eigenvalue weighted by Gasteiger charge is -2.47. The normalized spacial score (nSPS) is 32.2. The topological polar surface area (TPSA) is 0 Å². The average Bonchev–Trinajstić information content (AvgIpc) is 3.04. The molecule has 0 nitrogen and oxygen atoms in total. The highest BCUT2D eigenvalue weighted by Crippen LogP contribution is 2.75. The molecule has 3 fully saturated rings. The summed E-state index contributed by atoms with van der Waals surface area (Å²) in [5, 5.41) is 0. The molecular formula is C14H26P2. The van der Waals surface area contributed by atoms with Gasteiger partial charge in [-0.1, -0.05) is 35.1 Å². The van der Waals surface area contributed by atoms with Crippen LogP contribution < -0.4 is 0 Å². The molecule has 1 aliphatic carbocycles. The minimum absolute atomic E-state index is 0.470. The molecular weight excluding hydrogens is 230 g/mol. The average molecular weight is 256 g/mol. The monoisotopic (exact) mass is 256 g/mol. The van der Waals surface area contributed by atoms with Crippen molar-refractivity contribution in [3.05, 3.63) is 0 Å². The van der Waals surface area contributed by atoms with E-state index in [1.807, 2.05) is 0 Å². The molecule has 0 spiro atoms. The molecule has 2 saturated heterocycles. The highest BCUT2D eigenvalue weighted by atomic mass is 31.2. The second-order valence-electron chi connectivity index (χ2n) is 5.93.